The van der Waals surface area contributed by atoms with Crippen molar-refractivity contribution in [2.75, 3.05) is 18.9 Å². The maximum absolute atomic E-state index is 8.56. The summed E-state index contributed by atoms with van der Waals surface area (Å²) >= 11 is 0. The lowest BCUT2D eigenvalue weighted by Crippen LogP contribution is -2.14. The van der Waals surface area contributed by atoms with E-state index in [1.54, 1.807) is 23.0 Å². The van der Waals surface area contributed by atoms with Crippen molar-refractivity contribution >= 4 is 11.6 Å². The van der Waals surface area contributed by atoms with Crippen molar-refractivity contribution in [3.05, 3.63) is 18.6 Å². The highest BCUT2D eigenvalue weighted by Gasteiger charge is 2.04. The van der Waals surface area contributed by atoms with E-state index >= 15 is 0 Å². The van der Waals surface area contributed by atoms with Gasteiger partial charge in [-0.2, -0.15) is 4.73 Å². The first kappa shape index (κ1) is 7.93. The lowest BCUT2D eigenvalue weighted by molar-refractivity contribution is 0.0825. The summed E-state index contributed by atoms with van der Waals surface area (Å²) in [6.07, 6.45) is 5.06. The predicted molar refractivity (Wildman–Crippen MR) is 46.1 cm³/mol. The highest BCUT2D eigenvalue weighted by Crippen LogP contribution is 2.07. The van der Waals surface area contributed by atoms with Crippen LogP contribution in [0.4, 0.5) is 5.95 Å². The molecule has 6 nitrogen and oxygen atoms in total. The lowest BCUT2D eigenvalue weighted by atomic mass is 10.8. The first-order valence-corrected chi connectivity index (χ1v) is 3.87. The van der Waals surface area contributed by atoms with E-state index in [1.807, 2.05) is 0 Å². The summed E-state index contributed by atoms with van der Waals surface area (Å²) in [4.78, 5) is 9.07. The maximum atomic E-state index is 8.56. The van der Waals surface area contributed by atoms with Crippen molar-refractivity contribution in [1.29, 1.82) is 0 Å². The fraction of sp³-hybridized carbons (Fsp3) is 0.286. The molecule has 2 aromatic rings. The minimum Gasteiger partial charge on any atom is -0.410 e. The second kappa shape index (κ2) is 2.98. The van der Waals surface area contributed by atoms with Gasteiger partial charge in [-0.3, -0.25) is 4.40 Å². The first-order valence-electron chi connectivity index (χ1n) is 3.87. The van der Waals surface area contributed by atoms with Crippen LogP contribution in [0.2, 0.25) is 0 Å². The van der Waals surface area contributed by atoms with Crippen molar-refractivity contribution < 1.29 is 9.94 Å². The molecule has 2 rings (SSSR count). The second-order valence-corrected chi connectivity index (χ2v) is 2.53. The second-order valence-electron chi connectivity index (χ2n) is 2.53. The number of aliphatic hydroxyl groups is 1. The fourth-order valence-electron chi connectivity index (χ4n) is 1.13. The Morgan fingerprint density at radius 1 is 1.54 bits per heavy atom. The molecule has 13 heavy (non-hydrogen) atoms. The number of fused-ring (bicyclic) bond motifs is 1. The zero-order valence-corrected chi connectivity index (χ0v) is 6.92. The van der Waals surface area contributed by atoms with Crippen LogP contribution in [0.25, 0.3) is 5.65 Å². The Balaban J connectivity index is 2.35. The number of hydrogen-bond acceptors (Lipinski definition) is 4. The molecule has 2 heterocycles. The van der Waals surface area contributed by atoms with Gasteiger partial charge in [0.1, 0.15) is 6.61 Å². The third-order valence-corrected chi connectivity index (χ3v) is 1.70. The van der Waals surface area contributed by atoms with Crippen LogP contribution < -0.4 is 10.6 Å². The smallest absolute Gasteiger partial charge is 0.206 e. The predicted octanol–water partition coefficient (Wildman–Crippen LogP) is -0.861. The van der Waals surface area contributed by atoms with Crippen LogP contribution in [0.3, 0.4) is 0 Å². The van der Waals surface area contributed by atoms with Crippen LogP contribution >= 0.6 is 0 Å². The molecule has 0 aliphatic heterocycles. The Kier molecular flexibility index (Phi) is 1.82. The van der Waals surface area contributed by atoms with Gasteiger partial charge in [-0.05, 0) is 0 Å². The number of imidazole rings is 2. The number of hydrogen-bond donors (Lipinski definition) is 2. The Hall–Kier alpha value is -1.69. The summed E-state index contributed by atoms with van der Waals surface area (Å²) < 4.78 is 3.21. The third-order valence-electron chi connectivity index (χ3n) is 1.70. The van der Waals surface area contributed by atoms with Gasteiger partial charge in [0, 0.05) is 6.20 Å². The summed E-state index contributed by atoms with van der Waals surface area (Å²) in [5.74, 6) is 0.418. The molecule has 0 aliphatic carbocycles. The number of rotatable bonds is 3. The highest BCUT2D eigenvalue weighted by atomic mass is 16.7. The number of aromatic nitrogens is 3. The van der Waals surface area contributed by atoms with Crippen molar-refractivity contribution in [3.63, 3.8) is 0 Å². The summed E-state index contributed by atoms with van der Waals surface area (Å²) in [6.45, 7) is 0.226. The molecule has 0 amide bonds. The van der Waals surface area contributed by atoms with Crippen molar-refractivity contribution in [1.82, 2.24) is 14.1 Å². The largest absolute Gasteiger partial charge is 0.410 e. The van der Waals surface area contributed by atoms with E-state index in [1.165, 1.54) is 4.73 Å². The average Bonchev–Trinajstić information content (AvgIpc) is 2.67. The zero-order chi connectivity index (χ0) is 9.26. The number of anilines is 1. The van der Waals surface area contributed by atoms with E-state index in [0.29, 0.717) is 5.95 Å². The Morgan fingerprint density at radius 3 is 3.15 bits per heavy atom. The molecule has 0 saturated heterocycles. The molecule has 0 bridgehead atoms. The summed E-state index contributed by atoms with van der Waals surface area (Å²) in [7, 11) is 0. The molecule has 0 spiro atoms. The third kappa shape index (κ3) is 1.20. The molecule has 0 atom stereocenters. The topological polar surface area (TPSA) is 77.7 Å². The van der Waals surface area contributed by atoms with Gasteiger partial charge in [-0.25, -0.2) is 4.98 Å². The number of nitrogens with zero attached hydrogens (tertiary/aromatic N) is 3. The summed E-state index contributed by atoms with van der Waals surface area (Å²) in [5.41, 5.74) is 6.29. The Morgan fingerprint density at radius 2 is 2.38 bits per heavy atom. The standard InChI is InChI=1S/C7H10N4O2/c8-7-9-5-6-10(7)1-2-11(6)13-4-3-12/h1-2,5,12H,3-4H2,(H2,8,9). The van der Waals surface area contributed by atoms with Crippen LogP contribution in [-0.4, -0.2) is 32.4 Å². The van der Waals surface area contributed by atoms with Crippen LogP contribution in [-0.2, 0) is 0 Å². The summed E-state index contributed by atoms with van der Waals surface area (Å²) in [6, 6.07) is 0. The van der Waals surface area contributed by atoms with E-state index < -0.39 is 0 Å². The molecule has 3 N–H and O–H groups in total. The molecule has 2 aromatic heterocycles. The molecular formula is C7H10N4O2. The maximum Gasteiger partial charge on any atom is 0.206 e. The zero-order valence-electron chi connectivity index (χ0n) is 6.92. The van der Waals surface area contributed by atoms with Crippen LogP contribution in [0, 0.1) is 0 Å². The number of aliphatic hydroxyl groups excluding tert-OH is 1. The summed E-state index contributed by atoms with van der Waals surface area (Å²) in [5, 5.41) is 8.56. The minimum absolute atomic E-state index is 0.0199. The van der Waals surface area contributed by atoms with E-state index in [0.717, 1.165) is 5.65 Å². The molecule has 0 fully saturated rings. The quantitative estimate of drug-likeness (QED) is 0.647. The van der Waals surface area contributed by atoms with Crippen molar-refractivity contribution in [2.24, 2.45) is 0 Å². The fourth-order valence-corrected chi connectivity index (χ4v) is 1.13. The monoisotopic (exact) mass is 182 g/mol. The van der Waals surface area contributed by atoms with Gasteiger partial charge in [-0.1, -0.05) is 0 Å². The van der Waals surface area contributed by atoms with E-state index in [2.05, 4.69) is 4.98 Å². The molecule has 6 heteroatoms. The van der Waals surface area contributed by atoms with Gasteiger partial charge in [0.2, 0.25) is 5.95 Å². The van der Waals surface area contributed by atoms with Crippen molar-refractivity contribution in [3.8, 4) is 0 Å². The van der Waals surface area contributed by atoms with Gasteiger partial charge >= 0.3 is 0 Å². The van der Waals surface area contributed by atoms with Gasteiger partial charge < -0.3 is 15.7 Å². The molecule has 0 saturated carbocycles. The Labute approximate surface area is 74.1 Å². The van der Waals surface area contributed by atoms with Crippen LogP contribution in [0.5, 0.6) is 0 Å². The average molecular weight is 182 g/mol. The normalized spacial score (nSPS) is 10.8. The highest BCUT2D eigenvalue weighted by molar-refractivity contribution is 5.44. The first-order chi connectivity index (χ1) is 6.33. The Bertz CT molecular complexity index is 405. The SMILES string of the molecule is Nc1ncc2n(OCCO)ccn12. The molecule has 0 radical (unpaired) electrons. The number of nitrogen functional groups attached to an aromatic ring is 1. The van der Waals surface area contributed by atoms with E-state index in [-0.39, 0.29) is 13.2 Å². The minimum atomic E-state index is -0.0199. The molecule has 70 valence electrons. The molecular weight excluding hydrogens is 172 g/mol. The lowest BCUT2D eigenvalue weighted by Gasteiger charge is -2.03. The van der Waals surface area contributed by atoms with Gasteiger partial charge in [0.25, 0.3) is 0 Å². The van der Waals surface area contributed by atoms with Crippen molar-refractivity contribution in [2.45, 2.75) is 0 Å². The molecule has 0 aromatic carbocycles. The van der Waals surface area contributed by atoms with E-state index in [9.17, 15) is 0 Å². The van der Waals surface area contributed by atoms with Crippen LogP contribution in [0.15, 0.2) is 18.6 Å². The molecule has 0 aliphatic rings. The van der Waals surface area contributed by atoms with Gasteiger partial charge in [0.15, 0.2) is 5.65 Å². The number of nitrogens with two attached hydrogens (primary N) is 1. The van der Waals surface area contributed by atoms with E-state index in [4.69, 9.17) is 15.7 Å². The van der Waals surface area contributed by atoms with Crippen LogP contribution in [0.1, 0.15) is 0 Å². The van der Waals surface area contributed by atoms with Gasteiger partial charge in [0.05, 0.1) is 19.0 Å². The van der Waals surface area contributed by atoms with Gasteiger partial charge in [-0.15, -0.1) is 0 Å². The molecule has 0 unspecified atom stereocenters.